The van der Waals surface area contributed by atoms with Crippen molar-refractivity contribution in [2.75, 3.05) is 13.2 Å². The van der Waals surface area contributed by atoms with Crippen molar-refractivity contribution in [3.63, 3.8) is 0 Å². The van der Waals surface area contributed by atoms with E-state index in [1.165, 1.54) is 0 Å². The van der Waals surface area contributed by atoms with E-state index in [2.05, 4.69) is 12.2 Å². The summed E-state index contributed by atoms with van der Waals surface area (Å²) in [6.45, 7) is 6.29. The lowest BCUT2D eigenvalue weighted by Crippen LogP contribution is -2.36. The van der Waals surface area contributed by atoms with Gasteiger partial charge in [0, 0.05) is 37.4 Å². The molecule has 1 saturated heterocycles. The number of benzene rings is 1. The van der Waals surface area contributed by atoms with Crippen LogP contribution in [0.2, 0.25) is 0 Å². The van der Waals surface area contributed by atoms with Gasteiger partial charge in [0.1, 0.15) is 0 Å². The molecule has 1 aromatic rings. The van der Waals surface area contributed by atoms with Gasteiger partial charge >= 0.3 is 0 Å². The minimum atomic E-state index is -0.319. The molecule has 1 atom stereocenters. The van der Waals surface area contributed by atoms with E-state index in [0.717, 1.165) is 31.6 Å². The lowest BCUT2D eigenvalue weighted by Gasteiger charge is -2.28. The molecule has 0 aliphatic carbocycles. The Labute approximate surface area is 119 Å². The fourth-order valence-electron chi connectivity index (χ4n) is 2.62. The summed E-state index contributed by atoms with van der Waals surface area (Å²) in [4.78, 5) is 10.6. The van der Waals surface area contributed by atoms with Crippen LogP contribution in [0.3, 0.4) is 0 Å². The van der Waals surface area contributed by atoms with Crippen molar-refractivity contribution in [2.24, 2.45) is 5.92 Å². The van der Waals surface area contributed by atoms with Gasteiger partial charge in [0.15, 0.2) is 0 Å². The van der Waals surface area contributed by atoms with E-state index in [4.69, 9.17) is 4.74 Å². The van der Waals surface area contributed by atoms with Crippen molar-refractivity contribution in [1.82, 2.24) is 5.32 Å². The van der Waals surface area contributed by atoms with E-state index < -0.39 is 0 Å². The van der Waals surface area contributed by atoms with Crippen LogP contribution in [0.25, 0.3) is 0 Å². The number of aryl methyl sites for hydroxylation is 1. The molecular formula is C15H22N2O3. The second-order valence-electron chi connectivity index (χ2n) is 5.50. The van der Waals surface area contributed by atoms with Crippen LogP contribution >= 0.6 is 0 Å². The van der Waals surface area contributed by atoms with E-state index in [-0.39, 0.29) is 10.6 Å². The highest BCUT2D eigenvalue weighted by molar-refractivity contribution is 5.42. The third-order valence-electron chi connectivity index (χ3n) is 4.07. The minimum Gasteiger partial charge on any atom is -0.381 e. The Morgan fingerprint density at radius 3 is 2.80 bits per heavy atom. The lowest BCUT2D eigenvalue weighted by atomic mass is 9.93. The van der Waals surface area contributed by atoms with E-state index in [9.17, 15) is 10.1 Å². The molecule has 1 unspecified atom stereocenters. The van der Waals surface area contributed by atoms with E-state index in [1.54, 1.807) is 13.0 Å². The molecule has 1 fully saturated rings. The van der Waals surface area contributed by atoms with Crippen molar-refractivity contribution in [3.05, 3.63) is 39.4 Å². The fourth-order valence-corrected chi connectivity index (χ4v) is 2.62. The predicted octanol–water partition coefficient (Wildman–Crippen LogP) is 2.81. The predicted molar refractivity (Wildman–Crippen MR) is 77.7 cm³/mol. The Bertz CT molecular complexity index is 470. The Morgan fingerprint density at radius 2 is 2.15 bits per heavy atom. The second-order valence-corrected chi connectivity index (χ2v) is 5.50. The van der Waals surface area contributed by atoms with Crippen molar-refractivity contribution in [2.45, 2.75) is 39.3 Å². The monoisotopic (exact) mass is 278 g/mol. The molecule has 0 amide bonds. The molecule has 1 aromatic carbocycles. The number of hydrogen-bond acceptors (Lipinski definition) is 4. The quantitative estimate of drug-likeness (QED) is 0.664. The minimum absolute atomic E-state index is 0.197. The first-order valence-electron chi connectivity index (χ1n) is 7.13. The van der Waals surface area contributed by atoms with Crippen molar-refractivity contribution in [3.8, 4) is 0 Å². The summed E-state index contributed by atoms with van der Waals surface area (Å²) in [5, 5.41) is 14.4. The molecule has 20 heavy (non-hydrogen) atoms. The van der Waals surface area contributed by atoms with Gasteiger partial charge in [-0.3, -0.25) is 10.1 Å². The second kappa shape index (κ2) is 6.81. The van der Waals surface area contributed by atoms with E-state index >= 15 is 0 Å². The molecule has 0 radical (unpaired) electrons. The number of nitrogens with zero attached hydrogens (tertiary/aromatic N) is 1. The Morgan fingerprint density at radius 1 is 1.45 bits per heavy atom. The van der Waals surface area contributed by atoms with Crippen LogP contribution in [-0.4, -0.2) is 24.2 Å². The fraction of sp³-hybridized carbons (Fsp3) is 0.600. The molecule has 1 aliphatic heterocycles. The topological polar surface area (TPSA) is 64.4 Å². The molecule has 2 rings (SSSR count). The van der Waals surface area contributed by atoms with Crippen LogP contribution in [0.1, 0.15) is 30.9 Å². The van der Waals surface area contributed by atoms with Crippen LogP contribution in [-0.2, 0) is 11.3 Å². The Hall–Kier alpha value is -1.46. The van der Waals surface area contributed by atoms with Crippen LogP contribution in [0, 0.1) is 23.0 Å². The van der Waals surface area contributed by atoms with E-state index in [0.29, 0.717) is 24.1 Å². The third kappa shape index (κ3) is 3.77. The summed E-state index contributed by atoms with van der Waals surface area (Å²) >= 11 is 0. The molecular weight excluding hydrogens is 256 g/mol. The molecule has 5 nitrogen and oxygen atoms in total. The van der Waals surface area contributed by atoms with Gasteiger partial charge in [0.05, 0.1) is 4.92 Å². The summed E-state index contributed by atoms with van der Waals surface area (Å²) in [5.41, 5.74) is 1.86. The largest absolute Gasteiger partial charge is 0.381 e. The first kappa shape index (κ1) is 14.9. The zero-order chi connectivity index (χ0) is 14.5. The summed E-state index contributed by atoms with van der Waals surface area (Å²) in [7, 11) is 0. The highest BCUT2D eigenvalue weighted by atomic mass is 16.6. The molecule has 0 saturated carbocycles. The van der Waals surface area contributed by atoms with Crippen LogP contribution in [0.5, 0.6) is 0 Å². The molecule has 0 aromatic heterocycles. The maximum Gasteiger partial charge on any atom is 0.272 e. The maximum absolute atomic E-state index is 10.9. The summed E-state index contributed by atoms with van der Waals surface area (Å²) in [5.74, 6) is 0.629. The van der Waals surface area contributed by atoms with E-state index in [1.807, 2.05) is 12.1 Å². The number of nitrogens with one attached hydrogen (secondary N) is 1. The number of rotatable bonds is 5. The molecule has 1 aliphatic rings. The van der Waals surface area contributed by atoms with Crippen LogP contribution in [0.15, 0.2) is 18.2 Å². The normalized spacial score (nSPS) is 17.9. The number of ether oxygens (including phenoxy) is 1. The van der Waals surface area contributed by atoms with Gasteiger partial charge in [-0.05, 0) is 38.2 Å². The zero-order valence-corrected chi connectivity index (χ0v) is 12.1. The van der Waals surface area contributed by atoms with Crippen molar-refractivity contribution in [1.29, 1.82) is 0 Å². The third-order valence-corrected chi connectivity index (χ3v) is 4.07. The van der Waals surface area contributed by atoms with Gasteiger partial charge in [0.25, 0.3) is 5.69 Å². The van der Waals surface area contributed by atoms with Crippen LogP contribution < -0.4 is 5.32 Å². The van der Waals surface area contributed by atoms with Gasteiger partial charge in [-0.1, -0.05) is 12.1 Å². The average Bonchev–Trinajstić information content (AvgIpc) is 2.46. The number of hydrogen-bond donors (Lipinski definition) is 1. The zero-order valence-electron chi connectivity index (χ0n) is 12.1. The van der Waals surface area contributed by atoms with Gasteiger partial charge in [-0.15, -0.1) is 0 Å². The van der Waals surface area contributed by atoms with Crippen LogP contribution in [0.4, 0.5) is 5.69 Å². The SMILES string of the molecule is Cc1ccc(CNC(C)C2CCOCC2)cc1[N+](=O)[O-]. The molecule has 0 spiro atoms. The summed E-state index contributed by atoms with van der Waals surface area (Å²) < 4.78 is 5.37. The maximum atomic E-state index is 10.9. The van der Waals surface area contributed by atoms with Gasteiger partial charge in [-0.25, -0.2) is 0 Å². The van der Waals surface area contributed by atoms with Crippen molar-refractivity contribution < 1.29 is 9.66 Å². The van der Waals surface area contributed by atoms with Crippen molar-refractivity contribution >= 4 is 5.69 Å². The summed E-state index contributed by atoms with van der Waals surface area (Å²) in [6, 6.07) is 5.83. The highest BCUT2D eigenvalue weighted by Crippen LogP contribution is 2.21. The molecule has 1 heterocycles. The molecule has 110 valence electrons. The smallest absolute Gasteiger partial charge is 0.272 e. The molecule has 5 heteroatoms. The number of nitro benzene ring substituents is 1. The summed E-state index contributed by atoms with van der Waals surface area (Å²) in [6.07, 6.45) is 2.17. The lowest BCUT2D eigenvalue weighted by molar-refractivity contribution is -0.385. The van der Waals surface area contributed by atoms with Gasteiger partial charge in [0.2, 0.25) is 0 Å². The first-order valence-corrected chi connectivity index (χ1v) is 7.13. The highest BCUT2D eigenvalue weighted by Gasteiger charge is 2.20. The number of nitro groups is 1. The van der Waals surface area contributed by atoms with Gasteiger partial charge in [-0.2, -0.15) is 0 Å². The Kier molecular flexibility index (Phi) is 5.09. The van der Waals surface area contributed by atoms with Gasteiger partial charge < -0.3 is 10.1 Å². The molecule has 0 bridgehead atoms. The average molecular weight is 278 g/mol. The first-order chi connectivity index (χ1) is 9.58. The standard InChI is InChI=1S/C15H22N2O3/c1-11-3-4-13(9-15(11)17(18)19)10-16-12(2)14-5-7-20-8-6-14/h3-4,9,12,14,16H,5-8,10H2,1-2H3. The Balaban J connectivity index is 1.93. The molecule has 1 N–H and O–H groups in total.